The van der Waals surface area contributed by atoms with Crippen LogP contribution in [0.1, 0.15) is 31.7 Å². The van der Waals surface area contributed by atoms with Crippen molar-refractivity contribution in [3.63, 3.8) is 0 Å². The highest BCUT2D eigenvalue weighted by atomic mass is 32.1. The number of hydrogen-bond acceptors (Lipinski definition) is 2. The summed E-state index contributed by atoms with van der Waals surface area (Å²) in [5.41, 5.74) is 8.12. The molecule has 0 aromatic heterocycles. The predicted molar refractivity (Wildman–Crippen MR) is 72.8 cm³/mol. The number of rotatable bonds is 4. The summed E-state index contributed by atoms with van der Waals surface area (Å²) in [5.74, 6) is 0. The zero-order chi connectivity index (χ0) is 11.6. The second kappa shape index (κ2) is 4.42. The SMILES string of the molecule is CC1(CNc2ccc(C(N)=S)cc2)CCC1. The second-order valence-corrected chi connectivity index (χ2v) is 5.40. The highest BCUT2D eigenvalue weighted by Crippen LogP contribution is 2.40. The molecule has 1 saturated carbocycles. The second-order valence-electron chi connectivity index (χ2n) is 4.96. The Labute approximate surface area is 102 Å². The van der Waals surface area contributed by atoms with Crippen LogP contribution in [-0.4, -0.2) is 11.5 Å². The Kier molecular flexibility index (Phi) is 3.15. The zero-order valence-electron chi connectivity index (χ0n) is 9.62. The number of nitrogens with one attached hydrogen (secondary N) is 1. The van der Waals surface area contributed by atoms with Crippen LogP contribution < -0.4 is 11.1 Å². The van der Waals surface area contributed by atoms with Gasteiger partial charge in [-0.15, -0.1) is 0 Å². The van der Waals surface area contributed by atoms with Crippen molar-refractivity contribution in [2.45, 2.75) is 26.2 Å². The standard InChI is InChI=1S/C13H18N2S/c1-13(7-2-8-13)9-15-11-5-3-10(4-6-11)12(14)16/h3-6,15H,2,7-9H2,1H3,(H2,14,16). The summed E-state index contributed by atoms with van der Waals surface area (Å²) in [6.07, 6.45) is 4.05. The van der Waals surface area contributed by atoms with Gasteiger partial charge in [0.1, 0.15) is 4.99 Å². The first-order chi connectivity index (χ1) is 7.59. The lowest BCUT2D eigenvalue weighted by molar-refractivity contribution is 0.180. The van der Waals surface area contributed by atoms with Crippen LogP contribution in [0.25, 0.3) is 0 Å². The maximum atomic E-state index is 5.55. The third-order valence-corrected chi connectivity index (χ3v) is 3.69. The normalized spacial score (nSPS) is 17.6. The lowest BCUT2D eigenvalue weighted by atomic mass is 9.70. The Morgan fingerprint density at radius 3 is 2.44 bits per heavy atom. The molecule has 0 amide bonds. The van der Waals surface area contributed by atoms with Gasteiger partial charge in [-0.25, -0.2) is 0 Å². The van der Waals surface area contributed by atoms with Gasteiger partial charge in [-0.3, -0.25) is 0 Å². The van der Waals surface area contributed by atoms with Gasteiger partial charge in [0.25, 0.3) is 0 Å². The van der Waals surface area contributed by atoms with Crippen LogP contribution in [0.5, 0.6) is 0 Å². The molecular weight excluding hydrogens is 216 g/mol. The molecule has 0 spiro atoms. The van der Waals surface area contributed by atoms with Crippen LogP contribution in [-0.2, 0) is 0 Å². The van der Waals surface area contributed by atoms with Crippen molar-refractivity contribution in [1.82, 2.24) is 0 Å². The van der Waals surface area contributed by atoms with Crippen molar-refractivity contribution in [1.29, 1.82) is 0 Å². The molecule has 3 heteroatoms. The van der Waals surface area contributed by atoms with Crippen molar-refractivity contribution in [2.24, 2.45) is 11.1 Å². The molecule has 0 radical (unpaired) electrons. The molecule has 1 aliphatic carbocycles. The first-order valence-electron chi connectivity index (χ1n) is 5.73. The molecule has 1 aromatic rings. The molecule has 0 heterocycles. The molecular formula is C13H18N2S. The molecule has 0 saturated heterocycles. The van der Waals surface area contributed by atoms with E-state index in [4.69, 9.17) is 18.0 Å². The van der Waals surface area contributed by atoms with Crippen LogP contribution in [0.4, 0.5) is 5.69 Å². The molecule has 2 rings (SSSR count). The van der Waals surface area contributed by atoms with Gasteiger partial charge >= 0.3 is 0 Å². The summed E-state index contributed by atoms with van der Waals surface area (Å²) in [5, 5.41) is 3.47. The number of thiocarbonyl (C=S) groups is 1. The molecule has 1 fully saturated rings. The van der Waals surface area contributed by atoms with Crippen molar-refractivity contribution < 1.29 is 0 Å². The molecule has 16 heavy (non-hydrogen) atoms. The van der Waals surface area contributed by atoms with E-state index in [2.05, 4.69) is 12.2 Å². The largest absolute Gasteiger partial charge is 0.389 e. The van der Waals surface area contributed by atoms with Crippen molar-refractivity contribution in [3.8, 4) is 0 Å². The minimum atomic E-state index is 0.456. The van der Waals surface area contributed by atoms with Crippen LogP contribution in [0.3, 0.4) is 0 Å². The fourth-order valence-corrected chi connectivity index (χ4v) is 2.16. The van der Waals surface area contributed by atoms with Gasteiger partial charge in [0.2, 0.25) is 0 Å². The van der Waals surface area contributed by atoms with Gasteiger partial charge in [-0.2, -0.15) is 0 Å². The summed E-state index contributed by atoms with van der Waals surface area (Å²) < 4.78 is 0. The minimum absolute atomic E-state index is 0.456. The predicted octanol–water partition coefficient (Wildman–Crippen LogP) is 2.92. The van der Waals surface area contributed by atoms with E-state index in [1.54, 1.807) is 0 Å². The summed E-state index contributed by atoms with van der Waals surface area (Å²) in [7, 11) is 0. The van der Waals surface area contributed by atoms with Crippen molar-refractivity contribution in [3.05, 3.63) is 29.8 Å². The maximum Gasteiger partial charge on any atom is 0.103 e. The average molecular weight is 234 g/mol. The highest BCUT2D eigenvalue weighted by molar-refractivity contribution is 7.80. The van der Waals surface area contributed by atoms with Crippen LogP contribution >= 0.6 is 12.2 Å². The molecule has 0 bridgehead atoms. The molecule has 3 N–H and O–H groups in total. The Hall–Kier alpha value is -1.09. The van der Waals surface area contributed by atoms with Crippen LogP contribution in [0.2, 0.25) is 0 Å². The van der Waals surface area contributed by atoms with E-state index in [0.717, 1.165) is 17.8 Å². The average Bonchev–Trinajstić information content (AvgIpc) is 2.24. The van der Waals surface area contributed by atoms with Crippen LogP contribution in [0.15, 0.2) is 24.3 Å². The number of hydrogen-bond donors (Lipinski definition) is 2. The third kappa shape index (κ3) is 2.53. The maximum absolute atomic E-state index is 5.55. The first-order valence-corrected chi connectivity index (χ1v) is 6.14. The Balaban J connectivity index is 1.92. The van der Waals surface area contributed by atoms with Crippen molar-refractivity contribution in [2.75, 3.05) is 11.9 Å². The van der Waals surface area contributed by atoms with Gasteiger partial charge in [0, 0.05) is 17.8 Å². The lowest BCUT2D eigenvalue weighted by Crippen LogP contribution is -2.33. The Bertz CT molecular complexity index is 379. The number of nitrogens with two attached hydrogens (primary N) is 1. The smallest absolute Gasteiger partial charge is 0.103 e. The van der Waals surface area contributed by atoms with E-state index in [0.29, 0.717) is 10.4 Å². The summed E-state index contributed by atoms with van der Waals surface area (Å²) in [6.45, 7) is 3.40. The molecule has 0 unspecified atom stereocenters. The third-order valence-electron chi connectivity index (χ3n) is 3.45. The first kappa shape index (κ1) is 11.4. The summed E-state index contributed by atoms with van der Waals surface area (Å²) >= 11 is 4.91. The molecule has 0 aliphatic heterocycles. The van der Waals surface area contributed by atoms with Gasteiger partial charge in [-0.05, 0) is 42.5 Å². The van der Waals surface area contributed by atoms with Gasteiger partial charge in [-0.1, -0.05) is 25.6 Å². The molecule has 0 atom stereocenters. The molecule has 86 valence electrons. The monoisotopic (exact) mass is 234 g/mol. The van der Waals surface area contributed by atoms with E-state index in [1.807, 2.05) is 24.3 Å². The Morgan fingerprint density at radius 2 is 2.00 bits per heavy atom. The van der Waals surface area contributed by atoms with E-state index < -0.39 is 0 Å². The molecule has 1 aliphatic rings. The fraction of sp³-hybridized carbons (Fsp3) is 0.462. The minimum Gasteiger partial charge on any atom is -0.389 e. The summed E-state index contributed by atoms with van der Waals surface area (Å²) in [4.78, 5) is 0.456. The molecule has 1 aromatic carbocycles. The quantitative estimate of drug-likeness (QED) is 0.787. The number of benzene rings is 1. The van der Waals surface area contributed by atoms with Gasteiger partial charge in [0.15, 0.2) is 0 Å². The zero-order valence-corrected chi connectivity index (χ0v) is 10.4. The van der Waals surface area contributed by atoms with Crippen molar-refractivity contribution >= 4 is 22.9 Å². The fourth-order valence-electron chi connectivity index (χ4n) is 2.02. The van der Waals surface area contributed by atoms with Gasteiger partial charge in [0.05, 0.1) is 0 Å². The van der Waals surface area contributed by atoms with E-state index in [9.17, 15) is 0 Å². The van der Waals surface area contributed by atoms with E-state index >= 15 is 0 Å². The van der Waals surface area contributed by atoms with Crippen LogP contribution in [0, 0.1) is 5.41 Å². The van der Waals surface area contributed by atoms with E-state index in [-0.39, 0.29) is 0 Å². The van der Waals surface area contributed by atoms with E-state index in [1.165, 1.54) is 19.3 Å². The number of anilines is 1. The topological polar surface area (TPSA) is 38.0 Å². The summed E-state index contributed by atoms with van der Waals surface area (Å²) in [6, 6.07) is 8.01. The van der Waals surface area contributed by atoms with Gasteiger partial charge < -0.3 is 11.1 Å². The molecule has 2 nitrogen and oxygen atoms in total. The Morgan fingerprint density at radius 1 is 1.38 bits per heavy atom. The highest BCUT2D eigenvalue weighted by Gasteiger charge is 2.31. The lowest BCUT2D eigenvalue weighted by Gasteiger charge is -2.38.